The van der Waals surface area contributed by atoms with Crippen molar-refractivity contribution in [2.24, 2.45) is 0 Å². The first-order valence-corrected chi connectivity index (χ1v) is 8.70. The number of esters is 1. The molecule has 0 fully saturated rings. The van der Waals surface area contributed by atoms with Gasteiger partial charge in [-0.15, -0.1) is 0 Å². The molecule has 4 nitrogen and oxygen atoms in total. The van der Waals surface area contributed by atoms with Crippen LogP contribution in [0.15, 0.2) is 41.1 Å². The molecule has 0 unspecified atom stereocenters. The van der Waals surface area contributed by atoms with Gasteiger partial charge in [0.05, 0.1) is 12.5 Å². The highest BCUT2D eigenvalue weighted by Gasteiger charge is 2.21. The molecular formula is C18H19NO3S. The summed E-state index contributed by atoms with van der Waals surface area (Å²) >= 11 is 1.54. The average Bonchev–Trinajstić information content (AvgIpc) is 3.06. The van der Waals surface area contributed by atoms with E-state index in [0.29, 0.717) is 0 Å². The van der Waals surface area contributed by atoms with Crippen molar-refractivity contribution in [3.63, 3.8) is 0 Å². The molecule has 1 aliphatic carbocycles. The van der Waals surface area contributed by atoms with E-state index < -0.39 is 0 Å². The van der Waals surface area contributed by atoms with E-state index in [2.05, 4.69) is 17.4 Å². The zero-order valence-electron chi connectivity index (χ0n) is 12.8. The summed E-state index contributed by atoms with van der Waals surface area (Å²) in [4.78, 5) is 23.7. The first kappa shape index (κ1) is 15.7. The van der Waals surface area contributed by atoms with Gasteiger partial charge in [0.1, 0.15) is 0 Å². The van der Waals surface area contributed by atoms with E-state index in [1.54, 1.807) is 0 Å². The second kappa shape index (κ2) is 7.42. The fourth-order valence-corrected chi connectivity index (χ4v) is 3.57. The monoisotopic (exact) mass is 329 g/mol. The SMILES string of the molecule is O=C(COC(=O)Cc1ccsc1)N[C@@H]1CCCc2ccccc21. The molecule has 2 aromatic rings. The standard InChI is InChI=1S/C18H19NO3S/c20-17(11-22-18(21)10-13-8-9-23-12-13)19-16-7-3-5-14-4-1-2-6-15(14)16/h1-2,4,6,8-9,12,16H,3,5,7,10-11H2,(H,19,20)/t16-/m1/s1. The number of fused-ring (bicyclic) bond motifs is 1. The Balaban J connectivity index is 1.49. The van der Waals surface area contributed by atoms with Crippen LogP contribution in [0.3, 0.4) is 0 Å². The van der Waals surface area contributed by atoms with Gasteiger partial charge < -0.3 is 10.1 Å². The smallest absolute Gasteiger partial charge is 0.310 e. The van der Waals surface area contributed by atoms with Gasteiger partial charge in [-0.3, -0.25) is 9.59 Å². The number of carbonyl (C=O) groups is 2. The number of carbonyl (C=O) groups excluding carboxylic acids is 2. The molecule has 1 amide bonds. The Bertz CT molecular complexity index is 681. The fourth-order valence-electron chi connectivity index (χ4n) is 2.90. The molecule has 0 spiro atoms. The molecule has 1 heterocycles. The summed E-state index contributed by atoms with van der Waals surface area (Å²) in [7, 11) is 0. The number of rotatable bonds is 5. The molecule has 0 aliphatic heterocycles. The van der Waals surface area contributed by atoms with Crippen LogP contribution in [0.2, 0.25) is 0 Å². The number of hydrogen-bond acceptors (Lipinski definition) is 4. The minimum atomic E-state index is -0.373. The first-order chi connectivity index (χ1) is 11.2. The van der Waals surface area contributed by atoms with Crippen molar-refractivity contribution in [2.75, 3.05) is 6.61 Å². The lowest BCUT2D eigenvalue weighted by Gasteiger charge is -2.26. The third-order valence-electron chi connectivity index (χ3n) is 4.00. The topological polar surface area (TPSA) is 55.4 Å². The van der Waals surface area contributed by atoms with Gasteiger partial charge in [0, 0.05) is 0 Å². The maximum Gasteiger partial charge on any atom is 0.310 e. The van der Waals surface area contributed by atoms with Crippen molar-refractivity contribution in [1.29, 1.82) is 0 Å². The van der Waals surface area contributed by atoms with Gasteiger partial charge in [-0.2, -0.15) is 11.3 Å². The molecule has 3 rings (SSSR count). The van der Waals surface area contributed by atoms with Crippen molar-refractivity contribution in [1.82, 2.24) is 5.32 Å². The van der Waals surface area contributed by atoms with Crippen molar-refractivity contribution in [3.05, 3.63) is 57.8 Å². The lowest BCUT2D eigenvalue weighted by molar-refractivity contribution is -0.148. The Morgan fingerprint density at radius 3 is 2.96 bits per heavy atom. The predicted molar refractivity (Wildman–Crippen MR) is 89.2 cm³/mol. The minimum Gasteiger partial charge on any atom is -0.455 e. The molecule has 1 aliphatic rings. The van der Waals surface area contributed by atoms with Crippen LogP contribution in [0.4, 0.5) is 0 Å². The molecule has 0 saturated heterocycles. The summed E-state index contributed by atoms with van der Waals surface area (Å²) in [6.45, 7) is -0.221. The van der Waals surface area contributed by atoms with Crippen LogP contribution in [0.1, 0.15) is 35.6 Å². The van der Waals surface area contributed by atoms with Gasteiger partial charge in [0.25, 0.3) is 5.91 Å². The zero-order chi connectivity index (χ0) is 16.1. The summed E-state index contributed by atoms with van der Waals surface area (Å²) in [6, 6.07) is 10.1. The van der Waals surface area contributed by atoms with Crippen LogP contribution in [0, 0.1) is 0 Å². The number of nitrogens with one attached hydrogen (secondary N) is 1. The quantitative estimate of drug-likeness (QED) is 0.858. The van der Waals surface area contributed by atoms with E-state index in [4.69, 9.17) is 4.74 Å². The molecule has 120 valence electrons. The van der Waals surface area contributed by atoms with Gasteiger partial charge in [0.15, 0.2) is 6.61 Å². The van der Waals surface area contributed by atoms with Gasteiger partial charge in [-0.1, -0.05) is 24.3 Å². The van der Waals surface area contributed by atoms with Crippen molar-refractivity contribution < 1.29 is 14.3 Å². The van der Waals surface area contributed by atoms with E-state index in [1.807, 2.05) is 29.0 Å². The second-order valence-corrected chi connectivity index (χ2v) is 6.46. The minimum absolute atomic E-state index is 0.0167. The van der Waals surface area contributed by atoms with Crippen molar-refractivity contribution in [3.8, 4) is 0 Å². The first-order valence-electron chi connectivity index (χ1n) is 7.76. The number of aryl methyl sites for hydroxylation is 1. The Kier molecular flexibility index (Phi) is 5.08. The Morgan fingerprint density at radius 2 is 2.13 bits per heavy atom. The highest BCUT2D eigenvalue weighted by molar-refractivity contribution is 7.07. The summed E-state index contributed by atoms with van der Waals surface area (Å²) in [5.41, 5.74) is 3.39. The summed E-state index contributed by atoms with van der Waals surface area (Å²) in [5.74, 6) is -0.618. The van der Waals surface area contributed by atoms with Gasteiger partial charge in [-0.25, -0.2) is 0 Å². The summed E-state index contributed by atoms with van der Waals surface area (Å²) < 4.78 is 5.06. The lowest BCUT2D eigenvalue weighted by atomic mass is 9.88. The molecule has 0 saturated carbocycles. The van der Waals surface area contributed by atoms with E-state index in [-0.39, 0.29) is 30.9 Å². The molecule has 1 aromatic carbocycles. The van der Waals surface area contributed by atoms with Crippen molar-refractivity contribution >= 4 is 23.2 Å². The van der Waals surface area contributed by atoms with E-state index in [9.17, 15) is 9.59 Å². The third-order valence-corrected chi connectivity index (χ3v) is 4.73. The maximum atomic E-state index is 12.0. The molecule has 0 radical (unpaired) electrons. The maximum absolute atomic E-state index is 12.0. The van der Waals surface area contributed by atoms with Crippen LogP contribution in [-0.4, -0.2) is 18.5 Å². The van der Waals surface area contributed by atoms with Crippen LogP contribution in [0.25, 0.3) is 0 Å². The highest BCUT2D eigenvalue weighted by Crippen LogP contribution is 2.29. The number of hydrogen-bond donors (Lipinski definition) is 1. The number of ether oxygens (including phenoxy) is 1. The molecule has 1 aromatic heterocycles. The third kappa shape index (κ3) is 4.20. The van der Waals surface area contributed by atoms with Crippen LogP contribution >= 0.6 is 11.3 Å². The Labute approximate surface area is 139 Å². The summed E-state index contributed by atoms with van der Waals surface area (Å²) in [6.07, 6.45) is 3.24. The molecule has 23 heavy (non-hydrogen) atoms. The lowest BCUT2D eigenvalue weighted by Crippen LogP contribution is -2.34. The number of amides is 1. The van der Waals surface area contributed by atoms with Gasteiger partial charge >= 0.3 is 5.97 Å². The fraction of sp³-hybridized carbons (Fsp3) is 0.333. The van der Waals surface area contributed by atoms with Gasteiger partial charge in [0.2, 0.25) is 0 Å². The van der Waals surface area contributed by atoms with E-state index >= 15 is 0 Å². The van der Waals surface area contributed by atoms with Crippen LogP contribution < -0.4 is 5.32 Å². The highest BCUT2D eigenvalue weighted by atomic mass is 32.1. The van der Waals surface area contributed by atoms with Crippen LogP contribution in [0.5, 0.6) is 0 Å². The Morgan fingerprint density at radius 1 is 1.26 bits per heavy atom. The van der Waals surface area contributed by atoms with Crippen LogP contribution in [-0.2, 0) is 27.2 Å². The summed E-state index contributed by atoms with van der Waals surface area (Å²) in [5, 5.41) is 6.79. The second-order valence-electron chi connectivity index (χ2n) is 5.68. The van der Waals surface area contributed by atoms with E-state index in [1.165, 1.54) is 22.5 Å². The largest absolute Gasteiger partial charge is 0.455 e. The molecule has 5 heteroatoms. The molecule has 1 atom stereocenters. The van der Waals surface area contributed by atoms with E-state index in [0.717, 1.165) is 24.8 Å². The number of thiophene rings is 1. The predicted octanol–water partition coefficient (Wildman–Crippen LogP) is 3.03. The number of benzene rings is 1. The van der Waals surface area contributed by atoms with Gasteiger partial charge in [-0.05, 0) is 52.8 Å². The molecule has 0 bridgehead atoms. The molecular weight excluding hydrogens is 310 g/mol. The zero-order valence-corrected chi connectivity index (χ0v) is 13.6. The Hall–Kier alpha value is -2.14. The molecule has 1 N–H and O–H groups in total. The normalized spacial score (nSPS) is 16.4. The van der Waals surface area contributed by atoms with Crippen molar-refractivity contribution in [2.45, 2.75) is 31.7 Å². The average molecular weight is 329 g/mol.